The van der Waals surface area contributed by atoms with E-state index >= 15 is 0 Å². The van der Waals surface area contributed by atoms with Crippen LogP contribution >= 0.6 is 11.6 Å². The van der Waals surface area contributed by atoms with Crippen molar-refractivity contribution in [2.75, 3.05) is 6.61 Å². The zero-order valence-electron chi connectivity index (χ0n) is 26.3. The number of carbonyl (C=O) groups excluding carboxylic acids is 2. The van der Waals surface area contributed by atoms with Crippen molar-refractivity contribution >= 4 is 29.3 Å². The van der Waals surface area contributed by atoms with Crippen LogP contribution in [0.25, 0.3) is 0 Å². The molecule has 0 heterocycles. The van der Waals surface area contributed by atoms with E-state index < -0.39 is 23.0 Å². The third-order valence-electron chi connectivity index (χ3n) is 6.56. The van der Waals surface area contributed by atoms with Crippen molar-refractivity contribution in [2.45, 2.75) is 79.9 Å². The predicted molar refractivity (Wildman–Crippen MR) is 169 cm³/mol. The highest BCUT2D eigenvalue weighted by Crippen LogP contribution is 2.25. The second kappa shape index (κ2) is 15.6. The lowest BCUT2D eigenvalue weighted by atomic mass is 9.88. The fourth-order valence-electron chi connectivity index (χ4n) is 3.80. The lowest BCUT2D eigenvalue weighted by Gasteiger charge is -2.25. The van der Waals surface area contributed by atoms with E-state index in [0.717, 1.165) is 17.7 Å². The molecular formula is C35H43ClO7. The van der Waals surface area contributed by atoms with Crippen LogP contribution in [0.2, 0.25) is 5.02 Å². The molecular weight excluding hydrogens is 568 g/mol. The maximum absolute atomic E-state index is 12.4. The van der Waals surface area contributed by atoms with Crippen LogP contribution in [-0.2, 0) is 14.3 Å². The Morgan fingerprint density at radius 2 is 1.42 bits per heavy atom. The van der Waals surface area contributed by atoms with Gasteiger partial charge in [-0.05, 0) is 134 Å². The summed E-state index contributed by atoms with van der Waals surface area (Å²) in [6.07, 6.45) is 1.15. The zero-order valence-corrected chi connectivity index (χ0v) is 27.1. The third-order valence-corrected chi connectivity index (χ3v) is 6.81. The molecule has 0 saturated carbocycles. The number of hydrogen-bond donors (Lipinski definition) is 1. The van der Waals surface area contributed by atoms with Crippen LogP contribution in [-0.4, -0.2) is 41.1 Å². The normalized spacial score (nSPS) is 11.3. The number of carboxylic acid groups (broad SMARTS) is 1. The Morgan fingerprint density at radius 3 is 1.95 bits per heavy atom. The summed E-state index contributed by atoms with van der Waals surface area (Å²) >= 11 is 5.84. The summed E-state index contributed by atoms with van der Waals surface area (Å²) in [4.78, 5) is 35.4. The second-order valence-corrected chi connectivity index (χ2v) is 12.3. The maximum Gasteiger partial charge on any atom is 0.350 e. The van der Waals surface area contributed by atoms with E-state index in [1.54, 1.807) is 90.1 Å². The summed E-state index contributed by atoms with van der Waals surface area (Å²) in [5, 5.41) is 9.58. The minimum Gasteiger partial charge on any atom is -0.493 e. The number of rotatable bonds is 12. The average Bonchev–Trinajstić information content (AvgIpc) is 2.93. The Balaban J connectivity index is 0.000000317. The molecule has 0 bridgehead atoms. The Bertz CT molecular complexity index is 1370. The molecule has 0 radical (unpaired) electrons. The van der Waals surface area contributed by atoms with Gasteiger partial charge in [-0.2, -0.15) is 0 Å². The number of aliphatic carboxylic acids is 1. The van der Waals surface area contributed by atoms with Crippen LogP contribution in [0, 0.1) is 19.3 Å². The van der Waals surface area contributed by atoms with Crippen LogP contribution < -0.4 is 9.47 Å². The first-order valence-corrected chi connectivity index (χ1v) is 14.6. The highest BCUT2D eigenvalue weighted by molar-refractivity contribution is 6.30. The molecule has 3 aromatic carbocycles. The summed E-state index contributed by atoms with van der Waals surface area (Å²) in [5.41, 5.74) is 1.56. The highest BCUT2D eigenvalue weighted by Gasteiger charge is 2.32. The first-order valence-electron chi connectivity index (χ1n) is 14.3. The maximum atomic E-state index is 12.4. The third kappa shape index (κ3) is 11.4. The number of ketones is 1. The van der Waals surface area contributed by atoms with E-state index in [4.69, 9.17) is 30.9 Å². The average molecular weight is 611 g/mol. The molecule has 0 unspecified atom stereocenters. The molecule has 0 aliphatic rings. The van der Waals surface area contributed by atoms with Gasteiger partial charge in [-0.25, -0.2) is 4.79 Å². The van der Waals surface area contributed by atoms with Crippen molar-refractivity contribution in [3.63, 3.8) is 0 Å². The van der Waals surface area contributed by atoms with Crippen LogP contribution in [0.3, 0.4) is 0 Å². The molecule has 0 aliphatic heterocycles. The minimum absolute atomic E-state index is 0.110. The van der Waals surface area contributed by atoms with Gasteiger partial charge < -0.3 is 19.3 Å². The number of ether oxygens (including phenoxy) is 3. The van der Waals surface area contributed by atoms with E-state index in [2.05, 4.69) is 6.07 Å². The standard InChI is InChI=1S/C20H21ClO4.C15H22O3/c1-13(2)24-19(23)20(3,4)25-17-11-7-15(8-12-17)18(22)14-5-9-16(21)10-6-14;1-11-6-7-12(2)13(10-11)18-9-5-8-15(3,4)14(16)17/h5-13H,1-4H3;6-7,10H,5,8-9H2,1-4H3,(H,16,17). The number of carbonyl (C=O) groups is 3. The number of carboxylic acids is 1. The lowest BCUT2D eigenvalue weighted by Crippen LogP contribution is -2.40. The number of halogens is 1. The van der Waals surface area contributed by atoms with Gasteiger partial charge in [0.1, 0.15) is 11.5 Å². The molecule has 0 fully saturated rings. The van der Waals surface area contributed by atoms with Crippen molar-refractivity contribution in [1.29, 1.82) is 0 Å². The summed E-state index contributed by atoms with van der Waals surface area (Å²) in [7, 11) is 0. The topological polar surface area (TPSA) is 99.1 Å². The molecule has 0 aromatic heterocycles. The molecule has 232 valence electrons. The summed E-state index contributed by atoms with van der Waals surface area (Å²) < 4.78 is 16.6. The number of esters is 1. The first-order chi connectivity index (χ1) is 20.0. The molecule has 8 heteroatoms. The van der Waals surface area contributed by atoms with Gasteiger partial charge in [-0.3, -0.25) is 9.59 Å². The molecule has 0 atom stereocenters. The quantitative estimate of drug-likeness (QED) is 0.125. The molecule has 0 saturated heterocycles. The van der Waals surface area contributed by atoms with Crippen molar-refractivity contribution in [1.82, 2.24) is 0 Å². The smallest absolute Gasteiger partial charge is 0.350 e. The van der Waals surface area contributed by atoms with Crippen molar-refractivity contribution < 1.29 is 33.7 Å². The lowest BCUT2D eigenvalue weighted by molar-refractivity contribution is -0.163. The molecule has 0 spiro atoms. The molecule has 43 heavy (non-hydrogen) atoms. The van der Waals surface area contributed by atoms with Gasteiger partial charge in [0, 0.05) is 16.1 Å². The molecule has 3 rings (SSSR count). The molecule has 3 aromatic rings. The molecule has 0 aliphatic carbocycles. The van der Waals surface area contributed by atoms with E-state index in [0.29, 0.717) is 34.9 Å². The van der Waals surface area contributed by atoms with Gasteiger partial charge in [-0.1, -0.05) is 23.7 Å². The fourth-order valence-corrected chi connectivity index (χ4v) is 3.93. The number of hydrogen-bond acceptors (Lipinski definition) is 6. The van der Waals surface area contributed by atoms with Crippen molar-refractivity contribution in [3.8, 4) is 11.5 Å². The van der Waals surface area contributed by atoms with Crippen molar-refractivity contribution in [2.24, 2.45) is 5.41 Å². The van der Waals surface area contributed by atoms with Gasteiger partial charge in [0.25, 0.3) is 0 Å². The summed E-state index contributed by atoms with van der Waals surface area (Å²) in [6.45, 7) is 14.9. The fraction of sp³-hybridized carbons (Fsp3) is 0.400. The van der Waals surface area contributed by atoms with Gasteiger partial charge in [0.15, 0.2) is 11.4 Å². The zero-order chi connectivity index (χ0) is 32.4. The molecule has 0 amide bonds. The minimum atomic E-state index is -1.12. The monoisotopic (exact) mass is 610 g/mol. The van der Waals surface area contributed by atoms with E-state index in [1.807, 2.05) is 26.0 Å². The number of benzene rings is 3. The molecule has 1 N–H and O–H groups in total. The largest absolute Gasteiger partial charge is 0.493 e. The van der Waals surface area contributed by atoms with Crippen LogP contribution in [0.4, 0.5) is 0 Å². The Hall–Kier alpha value is -3.84. The summed E-state index contributed by atoms with van der Waals surface area (Å²) in [6, 6.07) is 19.5. The number of aryl methyl sites for hydroxylation is 2. The Morgan fingerprint density at radius 1 is 0.860 bits per heavy atom. The van der Waals surface area contributed by atoms with Crippen LogP contribution in [0.15, 0.2) is 66.7 Å². The second-order valence-electron chi connectivity index (χ2n) is 11.8. The van der Waals surface area contributed by atoms with E-state index in [1.165, 1.54) is 5.56 Å². The van der Waals surface area contributed by atoms with Gasteiger partial charge >= 0.3 is 11.9 Å². The van der Waals surface area contributed by atoms with Crippen LogP contribution in [0.5, 0.6) is 11.5 Å². The Labute approximate surface area is 260 Å². The predicted octanol–water partition coefficient (Wildman–Crippen LogP) is 8.25. The Kier molecular flexibility index (Phi) is 12.8. The van der Waals surface area contributed by atoms with E-state index in [9.17, 15) is 14.4 Å². The van der Waals surface area contributed by atoms with Gasteiger partial charge in [-0.15, -0.1) is 0 Å². The van der Waals surface area contributed by atoms with Gasteiger partial charge in [0.05, 0.1) is 18.1 Å². The first kappa shape index (κ1) is 35.4. The van der Waals surface area contributed by atoms with Gasteiger partial charge in [0.2, 0.25) is 0 Å². The molecule has 7 nitrogen and oxygen atoms in total. The SMILES string of the molecule is CC(C)OC(=O)C(C)(C)Oc1ccc(C(=O)c2ccc(Cl)cc2)cc1.Cc1ccc(C)c(OCCCC(C)(C)C(=O)O)c1. The highest BCUT2D eigenvalue weighted by atomic mass is 35.5. The van der Waals surface area contributed by atoms with Crippen molar-refractivity contribution in [3.05, 3.63) is 94.0 Å². The van der Waals surface area contributed by atoms with E-state index in [-0.39, 0.29) is 11.9 Å². The summed E-state index contributed by atoms with van der Waals surface area (Å²) in [5.74, 6) is 0.0706. The van der Waals surface area contributed by atoms with Crippen LogP contribution in [0.1, 0.15) is 81.4 Å².